The number of nitro benzene ring substituents is 1. The van der Waals surface area contributed by atoms with Gasteiger partial charge in [0.05, 0.1) is 29.3 Å². The van der Waals surface area contributed by atoms with Crippen molar-refractivity contribution in [3.05, 3.63) is 34.1 Å². The summed E-state index contributed by atoms with van der Waals surface area (Å²) in [5, 5.41) is 19.7. The van der Waals surface area contributed by atoms with E-state index in [1.54, 1.807) is 4.90 Å². The third-order valence-corrected chi connectivity index (χ3v) is 3.04. The van der Waals surface area contributed by atoms with Crippen LogP contribution in [0.2, 0.25) is 0 Å². The van der Waals surface area contributed by atoms with Gasteiger partial charge in [-0.2, -0.15) is 0 Å². The minimum Gasteiger partial charge on any atom is -0.394 e. The van der Waals surface area contributed by atoms with Crippen LogP contribution in [-0.2, 0) is 0 Å². The number of aliphatic hydroxyl groups is 1. The molecule has 1 aromatic carbocycles. The van der Waals surface area contributed by atoms with Gasteiger partial charge >= 0.3 is 0 Å². The van der Waals surface area contributed by atoms with Gasteiger partial charge in [-0.25, -0.2) is 4.39 Å². The van der Waals surface area contributed by atoms with E-state index < -0.39 is 10.7 Å². The highest BCUT2D eigenvalue weighted by atomic mass is 19.1. The van der Waals surface area contributed by atoms with Gasteiger partial charge in [-0.1, -0.05) is 0 Å². The first-order valence-corrected chi connectivity index (χ1v) is 5.45. The van der Waals surface area contributed by atoms with E-state index in [-0.39, 0.29) is 18.3 Å². The van der Waals surface area contributed by atoms with E-state index >= 15 is 0 Å². The summed E-state index contributed by atoms with van der Waals surface area (Å²) >= 11 is 0. The zero-order valence-corrected chi connectivity index (χ0v) is 9.17. The van der Waals surface area contributed by atoms with Gasteiger partial charge in [-0.3, -0.25) is 10.1 Å². The average molecular weight is 240 g/mol. The molecule has 1 N–H and O–H groups in total. The Morgan fingerprint density at radius 1 is 1.59 bits per heavy atom. The van der Waals surface area contributed by atoms with Crippen molar-refractivity contribution >= 4 is 11.4 Å². The molecule has 5 nitrogen and oxygen atoms in total. The Balaban J connectivity index is 2.30. The molecular formula is C11H13FN2O3. The van der Waals surface area contributed by atoms with Crippen LogP contribution in [0.15, 0.2) is 18.2 Å². The molecule has 0 aliphatic carbocycles. The number of hydrogen-bond acceptors (Lipinski definition) is 4. The van der Waals surface area contributed by atoms with Crippen molar-refractivity contribution in [3.8, 4) is 0 Å². The molecular weight excluding hydrogens is 227 g/mol. The van der Waals surface area contributed by atoms with Crippen molar-refractivity contribution in [2.75, 3.05) is 18.1 Å². The fourth-order valence-electron chi connectivity index (χ4n) is 2.18. The van der Waals surface area contributed by atoms with E-state index in [2.05, 4.69) is 0 Å². The predicted octanol–water partition coefficient (Wildman–Crippen LogP) is 1.70. The van der Waals surface area contributed by atoms with Gasteiger partial charge in [0.15, 0.2) is 5.82 Å². The molecule has 0 unspecified atom stereocenters. The van der Waals surface area contributed by atoms with Gasteiger partial charge < -0.3 is 10.0 Å². The van der Waals surface area contributed by atoms with E-state index in [1.165, 1.54) is 12.1 Å². The minimum absolute atomic E-state index is 0.0313. The summed E-state index contributed by atoms with van der Waals surface area (Å²) in [5.41, 5.74) is 0.0677. The van der Waals surface area contributed by atoms with Crippen LogP contribution in [0, 0.1) is 15.9 Å². The van der Waals surface area contributed by atoms with Gasteiger partial charge in [-0.05, 0) is 18.9 Å². The van der Waals surface area contributed by atoms with Crippen molar-refractivity contribution in [1.82, 2.24) is 0 Å². The molecule has 1 aliphatic rings. The molecule has 92 valence electrons. The number of aliphatic hydroxyl groups excluding tert-OH is 1. The van der Waals surface area contributed by atoms with E-state index in [4.69, 9.17) is 5.11 Å². The Bertz CT molecular complexity index is 439. The van der Waals surface area contributed by atoms with Crippen LogP contribution in [-0.4, -0.2) is 29.2 Å². The number of rotatable bonds is 3. The second-order valence-corrected chi connectivity index (χ2v) is 4.06. The molecule has 0 aromatic heterocycles. The largest absolute Gasteiger partial charge is 0.394 e. The van der Waals surface area contributed by atoms with E-state index in [0.717, 1.165) is 18.9 Å². The molecule has 0 bridgehead atoms. The Hall–Kier alpha value is -1.69. The number of nitrogens with zero attached hydrogens (tertiary/aromatic N) is 2. The highest BCUT2D eigenvalue weighted by Crippen LogP contribution is 2.29. The molecule has 0 saturated carbocycles. The summed E-state index contributed by atoms with van der Waals surface area (Å²) in [6.45, 7) is 0.635. The maximum Gasteiger partial charge on any atom is 0.272 e. The molecule has 1 saturated heterocycles. The van der Waals surface area contributed by atoms with Gasteiger partial charge in [0, 0.05) is 12.6 Å². The predicted molar refractivity (Wildman–Crippen MR) is 60.5 cm³/mol. The van der Waals surface area contributed by atoms with E-state index in [0.29, 0.717) is 12.2 Å². The highest BCUT2D eigenvalue weighted by molar-refractivity contribution is 5.53. The lowest BCUT2D eigenvalue weighted by atomic mass is 10.2. The smallest absolute Gasteiger partial charge is 0.272 e. The minimum atomic E-state index is -0.625. The number of anilines is 1. The highest BCUT2D eigenvalue weighted by Gasteiger charge is 2.26. The molecule has 6 heteroatoms. The van der Waals surface area contributed by atoms with Crippen molar-refractivity contribution in [3.63, 3.8) is 0 Å². The first kappa shape index (κ1) is 11.8. The quantitative estimate of drug-likeness (QED) is 0.645. The number of hydrogen-bond donors (Lipinski definition) is 1. The summed E-state index contributed by atoms with van der Waals surface area (Å²) in [6, 6.07) is 3.51. The standard InChI is InChI=1S/C11H13FN2O3/c12-10-6-8(14(16)17)3-4-11(10)13-5-1-2-9(13)7-15/h3-4,6,9,15H,1-2,5,7H2/t9-/m0/s1. The van der Waals surface area contributed by atoms with E-state index in [1.807, 2.05) is 0 Å². The molecule has 17 heavy (non-hydrogen) atoms. The molecule has 1 atom stereocenters. The lowest BCUT2D eigenvalue weighted by molar-refractivity contribution is -0.385. The monoisotopic (exact) mass is 240 g/mol. The van der Waals surface area contributed by atoms with Crippen LogP contribution in [0.4, 0.5) is 15.8 Å². The number of benzene rings is 1. The summed E-state index contributed by atoms with van der Waals surface area (Å²) < 4.78 is 13.7. The first-order chi connectivity index (χ1) is 8.13. The number of non-ortho nitro benzene ring substituents is 1. The summed E-state index contributed by atoms with van der Waals surface area (Å²) in [4.78, 5) is 11.6. The molecule has 0 spiro atoms. The Morgan fingerprint density at radius 3 is 2.94 bits per heavy atom. The third kappa shape index (κ3) is 2.21. The molecule has 1 aliphatic heterocycles. The number of nitro groups is 1. The van der Waals surface area contributed by atoms with Gasteiger partial charge in [0.25, 0.3) is 5.69 Å². The molecule has 1 heterocycles. The SMILES string of the molecule is O=[N+]([O-])c1ccc(N2CCC[C@H]2CO)c(F)c1. The van der Waals surface area contributed by atoms with E-state index in [9.17, 15) is 14.5 Å². The molecule has 2 rings (SSSR count). The summed E-state index contributed by atoms with van der Waals surface area (Å²) in [7, 11) is 0. The van der Waals surface area contributed by atoms with Crippen molar-refractivity contribution in [1.29, 1.82) is 0 Å². The maximum atomic E-state index is 13.7. The van der Waals surface area contributed by atoms with Gasteiger partial charge in [0.2, 0.25) is 0 Å². The Kier molecular flexibility index (Phi) is 3.23. The second-order valence-electron chi connectivity index (χ2n) is 4.06. The average Bonchev–Trinajstić information content (AvgIpc) is 2.76. The van der Waals surface area contributed by atoms with Crippen molar-refractivity contribution in [2.45, 2.75) is 18.9 Å². The summed E-state index contributed by atoms with van der Waals surface area (Å²) in [6.07, 6.45) is 1.70. The van der Waals surface area contributed by atoms with Crippen LogP contribution in [0.5, 0.6) is 0 Å². The van der Waals surface area contributed by atoms with Crippen molar-refractivity contribution < 1.29 is 14.4 Å². The number of halogens is 1. The van der Waals surface area contributed by atoms with Gasteiger partial charge in [0.1, 0.15) is 0 Å². The Morgan fingerprint density at radius 2 is 2.35 bits per heavy atom. The lowest BCUT2D eigenvalue weighted by Crippen LogP contribution is -2.32. The molecule has 0 amide bonds. The van der Waals surface area contributed by atoms with Crippen LogP contribution in [0.1, 0.15) is 12.8 Å². The Labute approximate surface area is 97.6 Å². The van der Waals surface area contributed by atoms with Crippen LogP contribution in [0.3, 0.4) is 0 Å². The fourth-order valence-corrected chi connectivity index (χ4v) is 2.18. The molecule has 1 aromatic rings. The van der Waals surface area contributed by atoms with Crippen LogP contribution >= 0.6 is 0 Å². The normalized spacial score (nSPS) is 19.6. The zero-order valence-electron chi connectivity index (χ0n) is 9.17. The third-order valence-electron chi connectivity index (χ3n) is 3.04. The summed E-state index contributed by atoms with van der Waals surface area (Å²) in [5.74, 6) is -0.612. The fraction of sp³-hybridized carbons (Fsp3) is 0.455. The lowest BCUT2D eigenvalue weighted by Gasteiger charge is -2.25. The van der Waals surface area contributed by atoms with Gasteiger partial charge in [-0.15, -0.1) is 0 Å². The maximum absolute atomic E-state index is 13.7. The second kappa shape index (κ2) is 4.67. The van der Waals surface area contributed by atoms with Crippen molar-refractivity contribution in [2.24, 2.45) is 0 Å². The zero-order chi connectivity index (χ0) is 12.4. The first-order valence-electron chi connectivity index (χ1n) is 5.45. The topological polar surface area (TPSA) is 66.6 Å². The molecule has 0 radical (unpaired) electrons. The van der Waals surface area contributed by atoms with Crippen LogP contribution in [0.25, 0.3) is 0 Å². The van der Waals surface area contributed by atoms with Crippen LogP contribution < -0.4 is 4.90 Å². The molecule has 1 fully saturated rings.